The average molecular weight is 517 g/mol. The summed E-state index contributed by atoms with van der Waals surface area (Å²) in [4.78, 5) is 33.1. The summed E-state index contributed by atoms with van der Waals surface area (Å²) in [6.07, 6.45) is 3.35. The standard InChI is InChI=1S/C23H25ClN6O4S/c1-22(2,3)18(20(32)33)30-27-19(26-28-30)16-12-25-21(35-16)29-9-7-23(8-10-29)11-14(31)17-13(24)5-4-6-15(17)34-23/h4-6,12,18H,7-11H2,1-3H3,(H,32,33). The lowest BCUT2D eigenvalue weighted by Crippen LogP contribution is -2.51. The Morgan fingerprint density at radius 3 is 2.71 bits per heavy atom. The number of hydrogen-bond acceptors (Lipinski definition) is 9. The second-order valence-electron chi connectivity index (χ2n) is 10.0. The van der Waals surface area contributed by atoms with E-state index in [0.29, 0.717) is 59.4 Å². The Labute approximate surface area is 210 Å². The highest BCUT2D eigenvalue weighted by molar-refractivity contribution is 7.18. The summed E-state index contributed by atoms with van der Waals surface area (Å²) in [5, 5.41) is 23.3. The van der Waals surface area contributed by atoms with Crippen LogP contribution < -0.4 is 9.64 Å². The molecule has 10 nitrogen and oxygen atoms in total. The van der Waals surface area contributed by atoms with Gasteiger partial charge in [-0.1, -0.05) is 49.8 Å². The van der Waals surface area contributed by atoms with Crippen LogP contribution in [0.25, 0.3) is 10.7 Å². The summed E-state index contributed by atoms with van der Waals surface area (Å²) < 4.78 is 6.31. The second-order valence-corrected chi connectivity index (χ2v) is 11.4. The SMILES string of the molecule is CC(C)(C)C(C(=O)O)n1nnc(-c2cnc(N3CCC4(CC3)CC(=O)c3c(Cl)cccc3O4)s2)n1. The molecule has 1 N–H and O–H groups in total. The normalized spacial score (nSPS) is 18.3. The molecule has 4 heterocycles. The number of halogens is 1. The van der Waals surface area contributed by atoms with Crippen LogP contribution in [0.2, 0.25) is 5.02 Å². The minimum absolute atomic E-state index is 0.0194. The molecule has 2 aliphatic rings. The number of tetrazole rings is 1. The van der Waals surface area contributed by atoms with E-state index in [1.165, 1.54) is 11.3 Å². The van der Waals surface area contributed by atoms with E-state index in [1.807, 2.05) is 20.8 Å². The third-order valence-corrected chi connectivity index (χ3v) is 7.80. The Kier molecular flexibility index (Phi) is 5.79. The van der Waals surface area contributed by atoms with Crippen molar-refractivity contribution in [2.75, 3.05) is 18.0 Å². The number of nitrogens with zero attached hydrogens (tertiary/aromatic N) is 6. The van der Waals surface area contributed by atoms with E-state index >= 15 is 0 Å². The van der Waals surface area contributed by atoms with Crippen molar-refractivity contribution < 1.29 is 19.4 Å². The van der Waals surface area contributed by atoms with Gasteiger partial charge in [0.25, 0.3) is 0 Å². The second kappa shape index (κ2) is 8.56. The Morgan fingerprint density at radius 2 is 2.03 bits per heavy atom. The minimum Gasteiger partial charge on any atom is -0.486 e. The van der Waals surface area contributed by atoms with Crippen LogP contribution in [0.1, 0.15) is 56.4 Å². The molecule has 2 aromatic heterocycles. The maximum atomic E-state index is 12.8. The van der Waals surface area contributed by atoms with Crippen LogP contribution >= 0.6 is 22.9 Å². The molecule has 0 radical (unpaired) electrons. The highest BCUT2D eigenvalue weighted by Crippen LogP contribution is 2.43. The number of carbonyl (C=O) groups is 2. The van der Waals surface area contributed by atoms with Crippen LogP contribution in [-0.4, -0.2) is 60.7 Å². The molecule has 0 aliphatic carbocycles. The number of piperidine rings is 1. The van der Waals surface area contributed by atoms with Crippen LogP contribution in [0.4, 0.5) is 5.13 Å². The highest BCUT2D eigenvalue weighted by atomic mass is 35.5. The number of aliphatic carboxylic acids is 1. The van der Waals surface area contributed by atoms with Crippen molar-refractivity contribution in [2.24, 2.45) is 5.41 Å². The van der Waals surface area contributed by atoms with Gasteiger partial charge in [-0.15, -0.1) is 15.0 Å². The molecule has 3 aromatic rings. The molecule has 0 saturated carbocycles. The van der Waals surface area contributed by atoms with Crippen LogP contribution in [-0.2, 0) is 4.79 Å². The first-order valence-corrected chi connectivity index (χ1v) is 12.5. The molecule has 1 atom stereocenters. The molecule has 1 saturated heterocycles. The van der Waals surface area contributed by atoms with Gasteiger partial charge in [0.2, 0.25) is 5.82 Å². The Hall–Kier alpha value is -3.05. The molecule has 1 spiro atoms. The van der Waals surface area contributed by atoms with Crippen LogP contribution in [0.15, 0.2) is 24.4 Å². The van der Waals surface area contributed by atoms with Gasteiger partial charge in [0, 0.05) is 25.9 Å². The van der Waals surface area contributed by atoms with Gasteiger partial charge >= 0.3 is 5.97 Å². The van der Waals surface area contributed by atoms with Crippen molar-refractivity contribution >= 4 is 39.8 Å². The van der Waals surface area contributed by atoms with E-state index in [2.05, 4.69) is 25.3 Å². The lowest BCUT2D eigenvalue weighted by Gasteiger charge is -2.44. The van der Waals surface area contributed by atoms with E-state index in [4.69, 9.17) is 16.3 Å². The van der Waals surface area contributed by atoms with Gasteiger partial charge in [-0.05, 0) is 22.8 Å². The molecule has 0 amide bonds. The zero-order chi connectivity index (χ0) is 25.0. The summed E-state index contributed by atoms with van der Waals surface area (Å²) in [5.41, 5.74) is -0.640. The molecule has 1 fully saturated rings. The van der Waals surface area contributed by atoms with Crippen LogP contribution in [0, 0.1) is 5.41 Å². The van der Waals surface area contributed by atoms with Gasteiger partial charge < -0.3 is 14.7 Å². The zero-order valence-corrected chi connectivity index (χ0v) is 21.1. The summed E-state index contributed by atoms with van der Waals surface area (Å²) in [5.74, 6) is -0.0943. The van der Waals surface area contributed by atoms with Gasteiger partial charge in [0.15, 0.2) is 17.0 Å². The third kappa shape index (κ3) is 4.38. The van der Waals surface area contributed by atoms with Crippen molar-refractivity contribution in [1.29, 1.82) is 0 Å². The minimum atomic E-state index is -1.01. The number of rotatable bonds is 4. The first-order chi connectivity index (χ1) is 16.6. The number of hydrogen-bond donors (Lipinski definition) is 1. The number of benzene rings is 1. The molecule has 12 heteroatoms. The number of carbonyl (C=O) groups excluding carboxylic acids is 1. The summed E-state index contributed by atoms with van der Waals surface area (Å²) >= 11 is 7.64. The third-order valence-electron chi connectivity index (χ3n) is 6.44. The Balaban J connectivity index is 1.29. The maximum absolute atomic E-state index is 12.8. The van der Waals surface area contributed by atoms with Gasteiger partial charge in [-0.3, -0.25) is 4.79 Å². The summed E-state index contributed by atoms with van der Waals surface area (Å²) in [7, 11) is 0. The van der Waals surface area contributed by atoms with E-state index in [0.717, 1.165) is 9.93 Å². The number of Topliss-reactive ketones (excluding diaryl/α,β-unsaturated/α-hetero) is 1. The Bertz CT molecular complexity index is 1290. The molecule has 1 unspecified atom stereocenters. The lowest BCUT2D eigenvalue weighted by atomic mass is 9.82. The first-order valence-electron chi connectivity index (χ1n) is 11.3. The van der Waals surface area contributed by atoms with Crippen LogP contribution in [0.5, 0.6) is 5.75 Å². The number of ketones is 1. The number of anilines is 1. The topological polar surface area (TPSA) is 123 Å². The highest BCUT2D eigenvalue weighted by Gasteiger charge is 2.44. The van der Waals surface area contributed by atoms with Gasteiger partial charge in [0.05, 0.1) is 28.1 Å². The molecule has 184 valence electrons. The van der Waals surface area contributed by atoms with Crippen molar-refractivity contribution in [3.63, 3.8) is 0 Å². The van der Waals surface area contributed by atoms with Crippen molar-refractivity contribution in [1.82, 2.24) is 25.2 Å². The molecule has 35 heavy (non-hydrogen) atoms. The first kappa shape index (κ1) is 23.7. The number of carboxylic acids is 1. The number of aromatic nitrogens is 5. The van der Waals surface area contributed by atoms with E-state index in [1.54, 1.807) is 24.4 Å². The smallest absolute Gasteiger partial charge is 0.331 e. The molecular weight excluding hydrogens is 492 g/mol. The molecule has 2 aliphatic heterocycles. The monoisotopic (exact) mass is 516 g/mol. The quantitative estimate of drug-likeness (QED) is 0.545. The average Bonchev–Trinajstić information content (AvgIpc) is 3.43. The number of ether oxygens (including phenoxy) is 1. The lowest BCUT2D eigenvalue weighted by molar-refractivity contribution is -0.145. The van der Waals surface area contributed by atoms with Crippen molar-refractivity contribution in [2.45, 2.75) is 51.7 Å². The molecule has 5 rings (SSSR count). The van der Waals surface area contributed by atoms with Crippen molar-refractivity contribution in [3.05, 3.63) is 35.0 Å². The van der Waals surface area contributed by atoms with E-state index in [-0.39, 0.29) is 5.78 Å². The molecule has 1 aromatic carbocycles. The van der Waals surface area contributed by atoms with Gasteiger partial charge in [-0.2, -0.15) is 0 Å². The largest absolute Gasteiger partial charge is 0.486 e. The van der Waals surface area contributed by atoms with E-state index < -0.39 is 23.0 Å². The zero-order valence-electron chi connectivity index (χ0n) is 19.6. The Morgan fingerprint density at radius 1 is 1.29 bits per heavy atom. The van der Waals surface area contributed by atoms with Gasteiger partial charge in [0.1, 0.15) is 11.4 Å². The number of fused-ring (bicyclic) bond motifs is 1. The number of thiazole rings is 1. The summed E-state index contributed by atoms with van der Waals surface area (Å²) in [6, 6.07) is 4.37. The number of carboxylic acid groups (broad SMARTS) is 1. The predicted octanol–water partition coefficient (Wildman–Crippen LogP) is 4.13. The van der Waals surface area contributed by atoms with Gasteiger partial charge in [-0.25, -0.2) is 9.78 Å². The molecular formula is C23H25ClN6O4S. The fraction of sp³-hybridized carbons (Fsp3) is 0.478. The summed E-state index contributed by atoms with van der Waals surface area (Å²) in [6.45, 7) is 6.82. The van der Waals surface area contributed by atoms with E-state index in [9.17, 15) is 14.7 Å². The predicted molar refractivity (Wildman–Crippen MR) is 130 cm³/mol. The maximum Gasteiger partial charge on any atom is 0.331 e. The fourth-order valence-electron chi connectivity index (χ4n) is 4.66. The molecule has 0 bridgehead atoms. The fourth-order valence-corrected chi connectivity index (χ4v) is 5.82. The van der Waals surface area contributed by atoms with Crippen molar-refractivity contribution in [3.8, 4) is 16.5 Å². The van der Waals surface area contributed by atoms with Crippen LogP contribution in [0.3, 0.4) is 0 Å².